The maximum Gasteiger partial charge on any atom is 0.148 e. The second-order valence-electron chi connectivity index (χ2n) is 3.91. The van der Waals surface area contributed by atoms with E-state index in [4.69, 9.17) is 5.73 Å². The summed E-state index contributed by atoms with van der Waals surface area (Å²) in [6, 6.07) is 0.155. The third kappa shape index (κ3) is 4.06. The highest BCUT2D eigenvalue weighted by Gasteiger charge is 2.26. The fourth-order valence-corrected chi connectivity index (χ4v) is 4.67. The van der Waals surface area contributed by atoms with Crippen LogP contribution in [-0.4, -0.2) is 41.7 Å². The molecule has 1 aliphatic rings. The van der Waals surface area contributed by atoms with Crippen molar-refractivity contribution in [3.8, 4) is 0 Å². The molecule has 0 aromatic carbocycles. The van der Waals surface area contributed by atoms with E-state index in [0.717, 1.165) is 19.3 Å². The third-order valence-corrected chi connectivity index (χ3v) is 5.43. The summed E-state index contributed by atoms with van der Waals surface area (Å²) in [5, 5.41) is 0.117. The van der Waals surface area contributed by atoms with Crippen LogP contribution >= 0.6 is 0 Å². The second-order valence-corrected chi connectivity index (χ2v) is 8.01. The van der Waals surface area contributed by atoms with Crippen molar-refractivity contribution in [3.63, 3.8) is 0 Å². The van der Waals surface area contributed by atoms with Gasteiger partial charge in [-0.05, 0) is 19.3 Å². The molecule has 1 fully saturated rings. The zero-order chi connectivity index (χ0) is 10.8. The monoisotopic (exact) mass is 239 g/mol. The van der Waals surface area contributed by atoms with Gasteiger partial charge < -0.3 is 5.73 Å². The maximum absolute atomic E-state index is 11.6. The molecule has 0 saturated heterocycles. The summed E-state index contributed by atoms with van der Waals surface area (Å²) >= 11 is 0. The molecule has 1 rings (SSSR count). The summed E-state index contributed by atoms with van der Waals surface area (Å²) in [6.07, 6.45) is 3.73. The van der Waals surface area contributed by atoms with Crippen molar-refractivity contribution in [2.75, 3.05) is 17.8 Å². The standard InChI is InChI=1S/C8H17NO3S2/c1-14(11,12)5-4-13(10)8-3-2-7(9)6-8/h7-8H,2-6,9H2,1H3. The summed E-state index contributed by atoms with van der Waals surface area (Å²) in [4.78, 5) is 0. The van der Waals surface area contributed by atoms with Gasteiger partial charge in [0.1, 0.15) is 9.84 Å². The van der Waals surface area contributed by atoms with Gasteiger partial charge in [-0.3, -0.25) is 4.21 Å². The Labute approximate surface area is 87.6 Å². The van der Waals surface area contributed by atoms with E-state index < -0.39 is 20.6 Å². The summed E-state index contributed by atoms with van der Waals surface area (Å²) < 4.78 is 33.3. The van der Waals surface area contributed by atoms with Crippen molar-refractivity contribution in [2.24, 2.45) is 5.73 Å². The van der Waals surface area contributed by atoms with E-state index in [0.29, 0.717) is 0 Å². The van der Waals surface area contributed by atoms with E-state index in [2.05, 4.69) is 0 Å². The SMILES string of the molecule is CS(=O)(=O)CCS(=O)C1CCC(N)C1. The second kappa shape index (κ2) is 4.72. The Morgan fingerprint density at radius 1 is 1.43 bits per heavy atom. The van der Waals surface area contributed by atoms with E-state index in [1.54, 1.807) is 0 Å². The minimum absolute atomic E-state index is 0.0192. The molecule has 0 aromatic heterocycles. The summed E-state index contributed by atoms with van der Waals surface area (Å²) in [5.74, 6) is 0.279. The molecule has 3 atom stereocenters. The van der Waals surface area contributed by atoms with Crippen LogP contribution in [0.2, 0.25) is 0 Å². The average molecular weight is 239 g/mol. The number of sulfone groups is 1. The van der Waals surface area contributed by atoms with Crippen molar-refractivity contribution in [2.45, 2.75) is 30.6 Å². The topological polar surface area (TPSA) is 77.2 Å². The van der Waals surface area contributed by atoms with Crippen LogP contribution < -0.4 is 5.73 Å². The fraction of sp³-hybridized carbons (Fsp3) is 1.00. The largest absolute Gasteiger partial charge is 0.328 e. The minimum Gasteiger partial charge on any atom is -0.328 e. The molecule has 14 heavy (non-hydrogen) atoms. The van der Waals surface area contributed by atoms with Crippen molar-refractivity contribution in [3.05, 3.63) is 0 Å². The molecular weight excluding hydrogens is 222 g/mol. The van der Waals surface area contributed by atoms with E-state index >= 15 is 0 Å². The van der Waals surface area contributed by atoms with Gasteiger partial charge in [0.05, 0.1) is 5.75 Å². The molecule has 6 heteroatoms. The van der Waals surface area contributed by atoms with E-state index in [9.17, 15) is 12.6 Å². The minimum atomic E-state index is -2.99. The van der Waals surface area contributed by atoms with Crippen LogP contribution in [0.15, 0.2) is 0 Å². The van der Waals surface area contributed by atoms with Crippen LogP contribution in [0, 0.1) is 0 Å². The predicted molar refractivity (Wildman–Crippen MR) is 58.3 cm³/mol. The highest BCUT2D eigenvalue weighted by molar-refractivity contribution is 7.92. The Morgan fingerprint density at radius 2 is 2.07 bits per heavy atom. The van der Waals surface area contributed by atoms with Gasteiger partial charge in [-0.15, -0.1) is 0 Å². The highest BCUT2D eigenvalue weighted by atomic mass is 32.2. The molecule has 84 valence electrons. The quantitative estimate of drug-likeness (QED) is 0.728. The first kappa shape index (κ1) is 12.1. The first-order valence-electron chi connectivity index (χ1n) is 4.69. The predicted octanol–water partition coefficient (Wildman–Crippen LogP) is -0.340. The van der Waals surface area contributed by atoms with Crippen LogP contribution in [-0.2, 0) is 20.6 Å². The summed E-state index contributed by atoms with van der Waals surface area (Å²) in [5.41, 5.74) is 5.69. The molecule has 0 radical (unpaired) electrons. The van der Waals surface area contributed by atoms with Crippen molar-refractivity contribution >= 4 is 20.6 Å². The number of rotatable bonds is 4. The van der Waals surface area contributed by atoms with Gasteiger partial charge in [0, 0.05) is 34.1 Å². The molecule has 0 amide bonds. The lowest BCUT2D eigenvalue weighted by Gasteiger charge is -2.08. The third-order valence-electron chi connectivity index (χ3n) is 2.45. The zero-order valence-corrected chi connectivity index (χ0v) is 9.94. The van der Waals surface area contributed by atoms with E-state index in [-0.39, 0.29) is 22.8 Å². The van der Waals surface area contributed by atoms with Crippen LogP contribution in [0.4, 0.5) is 0 Å². The lowest BCUT2D eigenvalue weighted by molar-refractivity contribution is 0.602. The first-order valence-corrected chi connectivity index (χ1v) is 8.13. The van der Waals surface area contributed by atoms with Crippen LogP contribution in [0.25, 0.3) is 0 Å². The van der Waals surface area contributed by atoms with Crippen LogP contribution in [0.3, 0.4) is 0 Å². The fourth-order valence-electron chi connectivity index (χ4n) is 1.61. The highest BCUT2D eigenvalue weighted by Crippen LogP contribution is 2.22. The Balaban J connectivity index is 2.36. The summed E-state index contributed by atoms with van der Waals surface area (Å²) in [7, 11) is -4.01. The van der Waals surface area contributed by atoms with Crippen LogP contribution in [0.1, 0.15) is 19.3 Å². The van der Waals surface area contributed by atoms with Crippen molar-refractivity contribution in [1.82, 2.24) is 0 Å². The molecule has 0 spiro atoms. The summed E-state index contributed by atoms with van der Waals surface area (Å²) in [6.45, 7) is 0. The van der Waals surface area contributed by atoms with E-state index in [1.165, 1.54) is 6.26 Å². The lowest BCUT2D eigenvalue weighted by atomic mass is 10.3. The van der Waals surface area contributed by atoms with E-state index in [1.807, 2.05) is 0 Å². The average Bonchev–Trinajstić information content (AvgIpc) is 2.46. The molecule has 1 aliphatic carbocycles. The number of hydrogen-bond acceptors (Lipinski definition) is 4. The smallest absolute Gasteiger partial charge is 0.148 e. The van der Waals surface area contributed by atoms with Gasteiger partial charge in [0.15, 0.2) is 0 Å². The first-order chi connectivity index (χ1) is 6.38. The number of hydrogen-bond donors (Lipinski definition) is 1. The lowest BCUT2D eigenvalue weighted by Crippen LogP contribution is -2.22. The molecule has 4 nitrogen and oxygen atoms in total. The Morgan fingerprint density at radius 3 is 2.50 bits per heavy atom. The Hall–Kier alpha value is 0.0600. The molecule has 0 aromatic rings. The van der Waals surface area contributed by atoms with Crippen LogP contribution in [0.5, 0.6) is 0 Å². The Bertz CT molecular complexity index is 313. The molecular formula is C8H17NO3S2. The molecule has 0 aliphatic heterocycles. The maximum atomic E-state index is 11.6. The molecule has 2 N–H and O–H groups in total. The molecule has 0 heterocycles. The Kier molecular flexibility index (Phi) is 4.09. The van der Waals surface area contributed by atoms with Gasteiger partial charge in [0.2, 0.25) is 0 Å². The van der Waals surface area contributed by atoms with Gasteiger partial charge in [0.25, 0.3) is 0 Å². The molecule has 3 unspecified atom stereocenters. The molecule has 0 bridgehead atoms. The molecule has 1 saturated carbocycles. The van der Waals surface area contributed by atoms with Gasteiger partial charge in [-0.1, -0.05) is 0 Å². The van der Waals surface area contributed by atoms with Gasteiger partial charge >= 0.3 is 0 Å². The zero-order valence-electron chi connectivity index (χ0n) is 8.31. The normalized spacial score (nSPS) is 30.4. The van der Waals surface area contributed by atoms with Crippen molar-refractivity contribution in [1.29, 1.82) is 0 Å². The van der Waals surface area contributed by atoms with Gasteiger partial charge in [-0.2, -0.15) is 0 Å². The van der Waals surface area contributed by atoms with Crippen molar-refractivity contribution < 1.29 is 12.6 Å². The van der Waals surface area contributed by atoms with Gasteiger partial charge in [-0.25, -0.2) is 8.42 Å². The number of nitrogens with two attached hydrogens (primary N) is 1.